The largest absolute Gasteiger partial charge is 0.461 e. The zero-order valence-corrected chi connectivity index (χ0v) is 34.4. The summed E-state index contributed by atoms with van der Waals surface area (Å²) in [6.45, 7) is 27.2. The Hall–Kier alpha value is -1.83. The number of benzene rings is 1. The normalized spacial score (nSPS) is 42.0. The lowest BCUT2D eigenvalue weighted by Gasteiger charge is -2.71. The summed E-state index contributed by atoms with van der Waals surface area (Å²) in [7, 11) is -1.29. The van der Waals surface area contributed by atoms with Crippen LogP contribution < -0.4 is 0 Å². The van der Waals surface area contributed by atoms with Gasteiger partial charge in [-0.2, -0.15) is 4.40 Å². The molecule has 7 heteroatoms. The molecule has 0 aromatic heterocycles. The Labute approximate surface area is 311 Å². The zero-order valence-electron chi connectivity index (χ0n) is 33.6. The van der Waals surface area contributed by atoms with Gasteiger partial charge < -0.3 is 14.2 Å². The van der Waals surface area contributed by atoms with Crippen molar-refractivity contribution in [1.82, 2.24) is 0 Å². The second-order valence-corrected chi connectivity index (χ2v) is 21.6. The van der Waals surface area contributed by atoms with Crippen molar-refractivity contribution >= 4 is 23.2 Å². The lowest BCUT2D eigenvalue weighted by molar-refractivity contribution is -0.248. The molecule has 0 radical (unpaired) electrons. The Balaban J connectivity index is 1.32. The SMILES string of the molecule is CC(C)[C@@H](C)[C@@]1(C)CC[C@]2(C)[C@H]3CC[C@@H]4C5(COC[C@]4(C)[C@@H](OC/C=N/[S@](=O)C(C)(C)C)[C@H](C)C5)C3=CC[C@@]2(C)[C@@H]1C(=O)OCc1ccccc1. The van der Waals surface area contributed by atoms with E-state index in [4.69, 9.17) is 14.2 Å². The second kappa shape index (κ2) is 13.8. The molecule has 5 aliphatic rings. The summed E-state index contributed by atoms with van der Waals surface area (Å²) in [5.74, 6) is 1.88. The highest BCUT2D eigenvalue weighted by Crippen LogP contribution is 2.75. The molecule has 12 atom stereocenters. The third-order valence-electron chi connectivity index (χ3n) is 15.6. The summed E-state index contributed by atoms with van der Waals surface area (Å²) in [6, 6.07) is 10.1. The Morgan fingerprint density at radius 3 is 2.41 bits per heavy atom. The standard InChI is InChI=1S/C44H67NO5S/c1-29(2)31(4)40(8)21-22-42(10)33-17-18-35-41(9)27-48-28-44(35,25-30(3)37(41)49-24-23-45-51(47)39(5,6)7)34(33)19-20-43(42,11)36(40)38(46)50-26-32-15-13-12-14-16-32/h12-16,19,23,29-31,33,35-37H,17-18,20-22,24-28H2,1-11H3/b45-23+/t30-,31-,33+,35+,36-,37+,40-,41+,42-,43+,44?,51-/m1/s1. The number of ether oxygens (including phenoxy) is 3. The summed E-state index contributed by atoms with van der Waals surface area (Å²) in [4.78, 5) is 14.7. The van der Waals surface area contributed by atoms with Crippen LogP contribution in [0.2, 0.25) is 0 Å². The highest BCUT2D eigenvalue weighted by atomic mass is 32.2. The molecule has 1 aromatic carbocycles. The number of carbonyl (C=O) groups excluding carboxylic acids is 1. The summed E-state index contributed by atoms with van der Waals surface area (Å²) in [5.41, 5.74) is 2.10. The fraction of sp³-hybridized carbons (Fsp3) is 0.773. The van der Waals surface area contributed by atoms with Crippen LogP contribution in [-0.4, -0.2) is 47.1 Å². The van der Waals surface area contributed by atoms with E-state index in [1.165, 1.54) is 0 Å². The summed E-state index contributed by atoms with van der Waals surface area (Å²) < 4.78 is 36.1. The molecule has 284 valence electrons. The van der Waals surface area contributed by atoms with Crippen molar-refractivity contribution in [3.05, 3.63) is 47.5 Å². The van der Waals surface area contributed by atoms with Gasteiger partial charge in [-0.05, 0) is 111 Å². The number of hydrogen-bond donors (Lipinski definition) is 0. The first-order valence-corrected chi connectivity index (χ1v) is 21.0. The molecule has 1 aliphatic heterocycles. The first-order valence-electron chi connectivity index (χ1n) is 19.9. The van der Waals surface area contributed by atoms with Gasteiger partial charge in [0.1, 0.15) is 17.6 Å². The van der Waals surface area contributed by atoms with Crippen LogP contribution in [0, 0.1) is 62.6 Å². The molecule has 3 saturated carbocycles. The highest BCUT2D eigenvalue weighted by Gasteiger charge is 2.71. The minimum Gasteiger partial charge on any atom is -0.461 e. The van der Waals surface area contributed by atoms with Crippen molar-refractivity contribution in [3.63, 3.8) is 0 Å². The third kappa shape index (κ3) is 6.25. The maximum Gasteiger partial charge on any atom is 0.310 e. The monoisotopic (exact) mass is 721 g/mol. The van der Waals surface area contributed by atoms with Crippen molar-refractivity contribution in [3.8, 4) is 0 Å². The van der Waals surface area contributed by atoms with E-state index < -0.39 is 11.0 Å². The molecule has 0 amide bonds. The van der Waals surface area contributed by atoms with E-state index >= 15 is 0 Å². The maximum atomic E-state index is 14.7. The molecule has 1 saturated heterocycles. The fourth-order valence-electron chi connectivity index (χ4n) is 12.6. The second-order valence-electron chi connectivity index (χ2n) is 19.7. The van der Waals surface area contributed by atoms with Gasteiger partial charge in [0.15, 0.2) is 0 Å². The number of nitrogens with zero attached hydrogens (tertiary/aromatic N) is 1. The Kier molecular flexibility index (Phi) is 10.5. The smallest absolute Gasteiger partial charge is 0.310 e. The van der Waals surface area contributed by atoms with Crippen molar-refractivity contribution < 1.29 is 23.2 Å². The van der Waals surface area contributed by atoms with Crippen molar-refractivity contribution in [1.29, 1.82) is 0 Å². The molecule has 51 heavy (non-hydrogen) atoms. The molecule has 1 heterocycles. The number of fused-ring (bicyclic) bond motifs is 3. The van der Waals surface area contributed by atoms with Gasteiger partial charge in [0.25, 0.3) is 0 Å². The average Bonchev–Trinajstić information content (AvgIpc) is 3.06. The van der Waals surface area contributed by atoms with Crippen LogP contribution in [0.3, 0.4) is 0 Å². The van der Waals surface area contributed by atoms with E-state index in [1.807, 2.05) is 51.1 Å². The Bertz CT molecular complexity index is 1530. The molecule has 1 aromatic rings. The van der Waals surface area contributed by atoms with Crippen LogP contribution in [-0.2, 0) is 36.6 Å². The van der Waals surface area contributed by atoms with Crippen molar-refractivity contribution in [2.75, 3.05) is 19.8 Å². The number of carbonyl (C=O) groups is 1. The van der Waals surface area contributed by atoms with Crippen molar-refractivity contribution in [2.45, 2.75) is 132 Å². The van der Waals surface area contributed by atoms with Crippen LogP contribution in [0.5, 0.6) is 0 Å². The minimum atomic E-state index is -1.29. The highest BCUT2D eigenvalue weighted by molar-refractivity contribution is 7.85. The lowest BCUT2D eigenvalue weighted by atomic mass is 9.34. The number of esters is 1. The molecule has 2 bridgehead atoms. The molecule has 6 rings (SSSR count). The van der Waals surface area contributed by atoms with Gasteiger partial charge >= 0.3 is 5.97 Å². The van der Waals surface area contributed by atoms with E-state index in [0.717, 1.165) is 50.7 Å². The first kappa shape index (κ1) is 38.9. The summed E-state index contributed by atoms with van der Waals surface area (Å²) >= 11 is 0. The minimum absolute atomic E-state index is 0.0132. The molecule has 0 spiro atoms. The van der Waals surface area contributed by atoms with Gasteiger partial charge in [-0.1, -0.05) is 97.4 Å². The predicted octanol–water partition coefficient (Wildman–Crippen LogP) is 9.79. The number of rotatable bonds is 9. The van der Waals surface area contributed by atoms with Gasteiger partial charge in [0, 0.05) is 17.0 Å². The fourth-order valence-corrected chi connectivity index (χ4v) is 13.1. The maximum absolute atomic E-state index is 14.7. The van der Waals surface area contributed by atoms with E-state index in [2.05, 4.69) is 65.9 Å². The molecule has 1 unspecified atom stereocenters. The van der Waals surface area contributed by atoms with Crippen LogP contribution in [0.1, 0.15) is 120 Å². The first-order chi connectivity index (χ1) is 23.8. The van der Waals surface area contributed by atoms with Gasteiger partial charge in [0.05, 0.1) is 36.6 Å². The average molecular weight is 722 g/mol. The van der Waals surface area contributed by atoms with Crippen LogP contribution >= 0.6 is 0 Å². The Morgan fingerprint density at radius 1 is 1.04 bits per heavy atom. The molecular formula is C44H67NO5S. The Morgan fingerprint density at radius 2 is 1.75 bits per heavy atom. The quantitative estimate of drug-likeness (QED) is 0.144. The molecule has 4 aliphatic carbocycles. The topological polar surface area (TPSA) is 74.2 Å². The van der Waals surface area contributed by atoms with E-state index in [-0.39, 0.29) is 49.8 Å². The molecule has 6 nitrogen and oxygen atoms in total. The number of hydrogen-bond acceptors (Lipinski definition) is 5. The molecule has 4 fully saturated rings. The summed E-state index contributed by atoms with van der Waals surface area (Å²) in [6.07, 6.45) is 10.7. The number of allylic oxidation sites excluding steroid dienone is 1. The van der Waals surface area contributed by atoms with E-state index in [1.54, 1.807) is 11.8 Å². The van der Waals surface area contributed by atoms with Gasteiger partial charge in [-0.25, -0.2) is 4.21 Å². The van der Waals surface area contributed by atoms with Gasteiger partial charge in [-0.15, -0.1) is 0 Å². The zero-order chi connectivity index (χ0) is 37.2. The van der Waals surface area contributed by atoms with Gasteiger partial charge in [-0.3, -0.25) is 4.79 Å². The lowest BCUT2D eigenvalue weighted by Crippen LogP contribution is -2.68. The molecular weight excluding hydrogens is 655 g/mol. The summed E-state index contributed by atoms with van der Waals surface area (Å²) in [5, 5.41) is 0. The van der Waals surface area contributed by atoms with E-state index in [9.17, 15) is 9.00 Å². The predicted molar refractivity (Wildman–Crippen MR) is 207 cm³/mol. The van der Waals surface area contributed by atoms with Gasteiger partial charge in [0.2, 0.25) is 0 Å². The van der Waals surface area contributed by atoms with E-state index in [0.29, 0.717) is 49.4 Å². The van der Waals surface area contributed by atoms with Crippen molar-refractivity contribution in [2.24, 2.45) is 67.0 Å². The molecule has 0 N–H and O–H groups in total. The van der Waals surface area contributed by atoms with Crippen LogP contribution in [0.25, 0.3) is 0 Å². The van der Waals surface area contributed by atoms with Crippen LogP contribution in [0.4, 0.5) is 0 Å². The van der Waals surface area contributed by atoms with Crippen LogP contribution in [0.15, 0.2) is 46.4 Å². The third-order valence-corrected chi connectivity index (χ3v) is 17.0.